The first-order valence-corrected chi connectivity index (χ1v) is 4.93. The number of esters is 1. The van der Waals surface area contributed by atoms with E-state index in [0.717, 1.165) is 6.42 Å². The van der Waals surface area contributed by atoms with Gasteiger partial charge in [-0.1, -0.05) is 0 Å². The maximum atomic E-state index is 11.4. The van der Waals surface area contributed by atoms with Crippen LogP contribution in [0.1, 0.15) is 40.0 Å². The minimum absolute atomic E-state index is 0.00539. The molecule has 1 fully saturated rings. The molecule has 82 valence electrons. The molecule has 0 spiro atoms. The molecule has 0 aromatic carbocycles. The molecule has 0 heterocycles. The van der Waals surface area contributed by atoms with Crippen LogP contribution >= 0.6 is 0 Å². The summed E-state index contributed by atoms with van der Waals surface area (Å²) in [5.41, 5.74) is 4.09. The molecule has 14 heavy (non-hydrogen) atoms. The molecule has 2 atom stereocenters. The van der Waals surface area contributed by atoms with E-state index in [1.165, 1.54) is 0 Å². The molecule has 0 saturated heterocycles. The molecule has 0 unspecified atom stereocenters. The Kier molecular flexibility index (Phi) is 2.88. The lowest BCUT2D eigenvalue weighted by molar-refractivity contribution is -0.165. The monoisotopic (exact) mass is 201 g/mol. The highest BCUT2D eigenvalue weighted by Crippen LogP contribution is 2.34. The fourth-order valence-electron chi connectivity index (χ4n) is 1.49. The van der Waals surface area contributed by atoms with Crippen LogP contribution in [0.25, 0.3) is 0 Å². The first kappa shape index (κ1) is 11.5. The zero-order valence-corrected chi connectivity index (χ0v) is 9.04. The standard InChI is InChI=1S/C10H19NO3/c1-9(2,3)14-8(12)6-10(13)5-4-7(10)11/h7,13H,4-6,11H2,1-3H3/t7-,10-/m0/s1. The third-order valence-corrected chi connectivity index (χ3v) is 2.45. The number of rotatable bonds is 2. The van der Waals surface area contributed by atoms with Gasteiger partial charge in [0.2, 0.25) is 0 Å². The summed E-state index contributed by atoms with van der Waals surface area (Å²) in [6.07, 6.45) is 1.37. The van der Waals surface area contributed by atoms with Crippen LogP contribution in [0.4, 0.5) is 0 Å². The SMILES string of the molecule is CC(C)(C)OC(=O)C[C@@]1(O)CC[C@@H]1N. The Morgan fingerprint density at radius 1 is 1.64 bits per heavy atom. The number of nitrogens with two attached hydrogens (primary N) is 1. The Labute approximate surface area is 84.4 Å². The zero-order chi connectivity index (χ0) is 11.0. The van der Waals surface area contributed by atoms with Crippen LogP contribution in [-0.2, 0) is 9.53 Å². The van der Waals surface area contributed by atoms with Crippen LogP contribution in [0.15, 0.2) is 0 Å². The van der Waals surface area contributed by atoms with E-state index in [9.17, 15) is 9.90 Å². The predicted molar refractivity (Wildman–Crippen MR) is 52.6 cm³/mol. The number of carbonyl (C=O) groups excluding carboxylic acids is 1. The number of aliphatic hydroxyl groups is 1. The Morgan fingerprint density at radius 2 is 2.21 bits per heavy atom. The van der Waals surface area contributed by atoms with Crippen molar-refractivity contribution in [2.45, 2.75) is 57.3 Å². The molecule has 4 heteroatoms. The van der Waals surface area contributed by atoms with Gasteiger partial charge in [-0.2, -0.15) is 0 Å². The molecule has 4 nitrogen and oxygen atoms in total. The van der Waals surface area contributed by atoms with Crippen LogP contribution in [0.3, 0.4) is 0 Å². The van der Waals surface area contributed by atoms with Crippen molar-refractivity contribution in [3.05, 3.63) is 0 Å². The lowest BCUT2D eigenvalue weighted by Gasteiger charge is -2.42. The molecule has 0 amide bonds. The van der Waals surface area contributed by atoms with E-state index in [4.69, 9.17) is 10.5 Å². The first-order chi connectivity index (χ1) is 6.23. The second-order valence-electron chi connectivity index (χ2n) is 5.01. The van der Waals surface area contributed by atoms with Crippen LogP contribution in [0, 0.1) is 0 Å². The smallest absolute Gasteiger partial charge is 0.309 e. The first-order valence-electron chi connectivity index (χ1n) is 4.93. The van der Waals surface area contributed by atoms with Crippen molar-refractivity contribution in [3.8, 4) is 0 Å². The van der Waals surface area contributed by atoms with E-state index in [-0.39, 0.29) is 18.4 Å². The normalized spacial score (nSPS) is 32.2. The fourth-order valence-corrected chi connectivity index (χ4v) is 1.49. The third-order valence-electron chi connectivity index (χ3n) is 2.45. The van der Waals surface area contributed by atoms with Crippen LogP contribution in [0.5, 0.6) is 0 Å². The van der Waals surface area contributed by atoms with Gasteiger partial charge in [-0.3, -0.25) is 4.79 Å². The van der Waals surface area contributed by atoms with E-state index < -0.39 is 11.2 Å². The molecule has 3 N–H and O–H groups in total. The molecule has 0 radical (unpaired) electrons. The number of ether oxygens (including phenoxy) is 1. The molecule has 0 aliphatic heterocycles. The van der Waals surface area contributed by atoms with Gasteiger partial charge in [0.05, 0.1) is 12.0 Å². The van der Waals surface area contributed by atoms with Gasteiger partial charge in [0.15, 0.2) is 0 Å². The second-order valence-corrected chi connectivity index (χ2v) is 5.01. The molecule has 0 bridgehead atoms. The van der Waals surface area contributed by atoms with Crippen molar-refractivity contribution >= 4 is 5.97 Å². The summed E-state index contributed by atoms with van der Waals surface area (Å²) in [7, 11) is 0. The highest BCUT2D eigenvalue weighted by molar-refractivity contribution is 5.71. The molecule has 0 aromatic heterocycles. The van der Waals surface area contributed by atoms with E-state index in [0.29, 0.717) is 6.42 Å². The average Bonchev–Trinajstić information content (AvgIpc) is 1.98. The molecule has 1 saturated carbocycles. The summed E-state index contributed by atoms with van der Waals surface area (Å²) >= 11 is 0. The molecular weight excluding hydrogens is 182 g/mol. The van der Waals surface area contributed by atoms with Gasteiger partial charge in [0, 0.05) is 6.04 Å². The fraction of sp³-hybridized carbons (Fsp3) is 0.900. The van der Waals surface area contributed by atoms with Crippen molar-refractivity contribution in [2.24, 2.45) is 5.73 Å². The molecule has 1 aliphatic rings. The highest BCUT2D eigenvalue weighted by Gasteiger charge is 2.45. The summed E-state index contributed by atoms with van der Waals surface area (Å²) in [6.45, 7) is 5.40. The van der Waals surface area contributed by atoms with E-state index >= 15 is 0 Å². The van der Waals surface area contributed by atoms with Gasteiger partial charge in [-0.15, -0.1) is 0 Å². The number of hydrogen-bond donors (Lipinski definition) is 2. The van der Waals surface area contributed by atoms with Gasteiger partial charge in [0.1, 0.15) is 5.60 Å². The van der Waals surface area contributed by atoms with Gasteiger partial charge < -0.3 is 15.6 Å². The molecular formula is C10H19NO3. The third kappa shape index (κ3) is 2.69. The van der Waals surface area contributed by atoms with Crippen molar-refractivity contribution in [1.82, 2.24) is 0 Å². The molecule has 0 aromatic rings. The minimum atomic E-state index is -1.03. The minimum Gasteiger partial charge on any atom is -0.460 e. The van der Waals surface area contributed by atoms with Crippen molar-refractivity contribution in [2.75, 3.05) is 0 Å². The average molecular weight is 201 g/mol. The van der Waals surface area contributed by atoms with E-state index in [2.05, 4.69) is 0 Å². The lowest BCUT2D eigenvalue weighted by atomic mass is 9.73. The van der Waals surface area contributed by atoms with Crippen molar-refractivity contribution in [1.29, 1.82) is 0 Å². The van der Waals surface area contributed by atoms with Crippen LogP contribution in [-0.4, -0.2) is 28.3 Å². The Morgan fingerprint density at radius 3 is 2.50 bits per heavy atom. The number of hydrogen-bond acceptors (Lipinski definition) is 4. The van der Waals surface area contributed by atoms with Crippen molar-refractivity contribution in [3.63, 3.8) is 0 Å². The largest absolute Gasteiger partial charge is 0.460 e. The quantitative estimate of drug-likeness (QED) is 0.641. The van der Waals surface area contributed by atoms with Crippen LogP contribution < -0.4 is 5.73 Å². The second kappa shape index (κ2) is 3.51. The highest BCUT2D eigenvalue weighted by atomic mass is 16.6. The van der Waals surface area contributed by atoms with Gasteiger partial charge >= 0.3 is 5.97 Å². The summed E-state index contributed by atoms with van der Waals surface area (Å²) in [6, 6.07) is -0.282. The molecule has 1 aliphatic carbocycles. The maximum absolute atomic E-state index is 11.4. The summed E-state index contributed by atoms with van der Waals surface area (Å²) in [4.78, 5) is 11.4. The predicted octanol–water partition coefficient (Wildman–Crippen LogP) is 0.570. The lowest BCUT2D eigenvalue weighted by Crippen LogP contribution is -2.58. The van der Waals surface area contributed by atoms with Crippen molar-refractivity contribution < 1.29 is 14.6 Å². The zero-order valence-electron chi connectivity index (χ0n) is 9.04. The number of carbonyl (C=O) groups is 1. The Bertz CT molecular complexity index is 234. The van der Waals surface area contributed by atoms with Gasteiger partial charge in [-0.05, 0) is 33.6 Å². The maximum Gasteiger partial charge on any atom is 0.309 e. The van der Waals surface area contributed by atoms with Gasteiger partial charge in [-0.25, -0.2) is 0 Å². The molecule has 1 rings (SSSR count). The van der Waals surface area contributed by atoms with Crippen LogP contribution in [0.2, 0.25) is 0 Å². The summed E-state index contributed by atoms with van der Waals surface area (Å²) in [5.74, 6) is -0.379. The Hall–Kier alpha value is -0.610. The summed E-state index contributed by atoms with van der Waals surface area (Å²) < 4.78 is 5.10. The Balaban J connectivity index is 2.41. The topological polar surface area (TPSA) is 72.5 Å². The van der Waals surface area contributed by atoms with E-state index in [1.807, 2.05) is 0 Å². The van der Waals surface area contributed by atoms with E-state index in [1.54, 1.807) is 20.8 Å². The summed E-state index contributed by atoms with van der Waals surface area (Å²) in [5, 5.41) is 9.82. The van der Waals surface area contributed by atoms with Gasteiger partial charge in [0.25, 0.3) is 0 Å².